The minimum Gasteiger partial charge on any atom is -0.493 e. The maximum Gasteiger partial charge on any atom is 0.255 e. The number of para-hydroxylation sites is 1. The van der Waals surface area contributed by atoms with Crippen LogP contribution in [0, 0.1) is 0 Å². The molecule has 132 valence electrons. The highest BCUT2D eigenvalue weighted by Crippen LogP contribution is 2.33. The zero-order chi connectivity index (χ0) is 17.6. The third-order valence-electron chi connectivity index (χ3n) is 3.96. The van der Waals surface area contributed by atoms with Crippen molar-refractivity contribution in [3.05, 3.63) is 47.5 Å². The van der Waals surface area contributed by atoms with Crippen molar-refractivity contribution in [2.24, 2.45) is 0 Å². The summed E-state index contributed by atoms with van der Waals surface area (Å²) in [6.45, 7) is 1.44. The summed E-state index contributed by atoms with van der Waals surface area (Å²) < 4.78 is 21.6. The number of rotatable bonds is 6. The first kappa shape index (κ1) is 17.0. The van der Waals surface area contributed by atoms with E-state index in [1.54, 1.807) is 32.4 Å². The lowest BCUT2D eigenvalue weighted by molar-refractivity contribution is 0.0943. The fraction of sp³-hybridized carbons (Fsp3) is 0.316. The maximum atomic E-state index is 12.4. The van der Waals surface area contributed by atoms with Gasteiger partial charge in [-0.15, -0.1) is 0 Å². The molecule has 0 radical (unpaired) electrons. The van der Waals surface area contributed by atoms with Crippen molar-refractivity contribution in [3.63, 3.8) is 0 Å². The smallest absolute Gasteiger partial charge is 0.255 e. The molecule has 1 amide bonds. The lowest BCUT2D eigenvalue weighted by Crippen LogP contribution is -2.27. The van der Waals surface area contributed by atoms with Gasteiger partial charge in [0.1, 0.15) is 13.2 Å². The van der Waals surface area contributed by atoms with Crippen LogP contribution in [0.15, 0.2) is 36.4 Å². The van der Waals surface area contributed by atoms with Gasteiger partial charge in [-0.3, -0.25) is 4.79 Å². The van der Waals surface area contributed by atoms with Crippen molar-refractivity contribution >= 4 is 5.91 Å². The Kier molecular flexibility index (Phi) is 5.28. The Labute approximate surface area is 146 Å². The van der Waals surface area contributed by atoms with Crippen molar-refractivity contribution in [1.82, 2.24) is 5.32 Å². The Bertz CT molecular complexity index is 759. The predicted octanol–water partition coefficient (Wildman–Crippen LogP) is 2.45. The molecule has 1 aliphatic heterocycles. The van der Waals surface area contributed by atoms with Gasteiger partial charge in [-0.1, -0.05) is 12.1 Å². The topological polar surface area (TPSA) is 66.0 Å². The van der Waals surface area contributed by atoms with Gasteiger partial charge in [-0.25, -0.2) is 0 Å². The van der Waals surface area contributed by atoms with Gasteiger partial charge in [-0.2, -0.15) is 0 Å². The van der Waals surface area contributed by atoms with Crippen molar-refractivity contribution in [1.29, 1.82) is 0 Å². The summed E-state index contributed by atoms with van der Waals surface area (Å²) in [4.78, 5) is 12.4. The third kappa shape index (κ3) is 3.79. The van der Waals surface area contributed by atoms with Crippen LogP contribution in [0.4, 0.5) is 0 Å². The number of carbonyl (C=O) groups is 1. The van der Waals surface area contributed by atoms with Crippen LogP contribution in [0.5, 0.6) is 23.0 Å². The SMILES string of the molecule is COc1ccc(CCNC(=O)c2cccc3c2OCCO3)cc1OC. The minimum atomic E-state index is -0.178. The molecule has 3 rings (SSSR count). The molecule has 0 unspecified atom stereocenters. The molecule has 25 heavy (non-hydrogen) atoms. The number of carbonyl (C=O) groups excluding carboxylic acids is 1. The van der Waals surface area contributed by atoms with Crippen LogP contribution in [0.1, 0.15) is 15.9 Å². The Hall–Kier alpha value is -2.89. The molecule has 0 aromatic heterocycles. The van der Waals surface area contributed by atoms with E-state index in [2.05, 4.69) is 5.32 Å². The van der Waals surface area contributed by atoms with E-state index in [-0.39, 0.29) is 5.91 Å². The van der Waals surface area contributed by atoms with Crippen LogP contribution in [0.3, 0.4) is 0 Å². The van der Waals surface area contributed by atoms with Gasteiger partial charge in [0.2, 0.25) is 0 Å². The highest BCUT2D eigenvalue weighted by molar-refractivity contribution is 5.97. The van der Waals surface area contributed by atoms with E-state index < -0.39 is 0 Å². The predicted molar refractivity (Wildman–Crippen MR) is 93.0 cm³/mol. The monoisotopic (exact) mass is 343 g/mol. The fourth-order valence-electron chi connectivity index (χ4n) is 2.70. The number of amides is 1. The van der Waals surface area contributed by atoms with Crippen LogP contribution in [0.2, 0.25) is 0 Å². The molecule has 2 aromatic rings. The van der Waals surface area contributed by atoms with Crippen LogP contribution in [0.25, 0.3) is 0 Å². The molecule has 1 aliphatic rings. The molecular formula is C19H21NO5. The second-order valence-electron chi connectivity index (χ2n) is 5.52. The van der Waals surface area contributed by atoms with Crippen LogP contribution in [-0.4, -0.2) is 39.9 Å². The van der Waals surface area contributed by atoms with Gasteiger partial charge < -0.3 is 24.3 Å². The lowest BCUT2D eigenvalue weighted by atomic mass is 10.1. The number of nitrogens with one attached hydrogen (secondary N) is 1. The number of fused-ring (bicyclic) bond motifs is 1. The number of hydrogen-bond donors (Lipinski definition) is 1. The van der Waals surface area contributed by atoms with Gasteiger partial charge in [0.15, 0.2) is 23.0 Å². The van der Waals surface area contributed by atoms with Gasteiger partial charge in [0.25, 0.3) is 5.91 Å². The van der Waals surface area contributed by atoms with Crippen LogP contribution < -0.4 is 24.3 Å². The lowest BCUT2D eigenvalue weighted by Gasteiger charge is -2.20. The van der Waals surface area contributed by atoms with Crippen molar-refractivity contribution < 1.29 is 23.7 Å². The summed E-state index contributed by atoms with van der Waals surface area (Å²) in [5.74, 6) is 2.30. The van der Waals surface area contributed by atoms with E-state index >= 15 is 0 Å². The summed E-state index contributed by atoms with van der Waals surface area (Å²) in [6, 6.07) is 11.0. The van der Waals surface area contributed by atoms with Crippen molar-refractivity contribution in [2.75, 3.05) is 34.0 Å². The molecule has 6 nitrogen and oxygen atoms in total. The number of benzene rings is 2. The van der Waals surface area contributed by atoms with Crippen molar-refractivity contribution in [3.8, 4) is 23.0 Å². The Morgan fingerprint density at radius 3 is 2.68 bits per heavy atom. The van der Waals surface area contributed by atoms with E-state index in [9.17, 15) is 4.79 Å². The fourth-order valence-corrected chi connectivity index (χ4v) is 2.70. The molecule has 1 N–H and O–H groups in total. The Morgan fingerprint density at radius 1 is 1.08 bits per heavy atom. The van der Waals surface area contributed by atoms with Gasteiger partial charge >= 0.3 is 0 Å². The molecule has 1 heterocycles. The van der Waals surface area contributed by atoms with E-state index in [4.69, 9.17) is 18.9 Å². The molecule has 0 atom stereocenters. The highest BCUT2D eigenvalue weighted by Gasteiger charge is 2.20. The molecule has 0 spiro atoms. The van der Waals surface area contributed by atoms with Gasteiger partial charge in [-0.05, 0) is 36.2 Å². The van der Waals surface area contributed by atoms with Gasteiger partial charge in [0, 0.05) is 6.54 Å². The normalized spacial score (nSPS) is 12.4. The first-order valence-corrected chi connectivity index (χ1v) is 8.10. The summed E-state index contributed by atoms with van der Waals surface area (Å²) in [7, 11) is 3.20. The quantitative estimate of drug-likeness (QED) is 0.873. The zero-order valence-electron chi connectivity index (χ0n) is 14.3. The first-order valence-electron chi connectivity index (χ1n) is 8.10. The summed E-state index contributed by atoms with van der Waals surface area (Å²) in [6.07, 6.45) is 0.679. The standard InChI is InChI=1S/C19H21NO5/c1-22-15-7-6-13(12-17(15)23-2)8-9-20-19(21)14-4-3-5-16-18(14)25-11-10-24-16/h3-7,12H,8-11H2,1-2H3,(H,20,21). The summed E-state index contributed by atoms with van der Waals surface area (Å²) in [5, 5.41) is 2.92. The minimum absolute atomic E-state index is 0.178. The molecule has 0 saturated heterocycles. The van der Waals surface area contributed by atoms with E-state index in [1.807, 2.05) is 18.2 Å². The average Bonchev–Trinajstić information content (AvgIpc) is 2.67. The Morgan fingerprint density at radius 2 is 1.88 bits per heavy atom. The second kappa shape index (κ2) is 7.79. The van der Waals surface area contributed by atoms with Gasteiger partial charge in [0.05, 0.1) is 19.8 Å². The molecule has 0 saturated carbocycles. The van der Waals surface area contributed by atoms with Crippen LogP contribution in [-0.2, 0) is 6.42 Å². The summed E-state index contributed by atoms with van der Waals surface area (Å²) in [5.41, 5.74) is 1.54. The van der Waals surface area contributed by atoms with Crippen LogP contribution >= 0.6 is 0 Å². The van der Waals surface area contributed by atoms with E-state index in [1.165, 1.54) is 0 Å². The molecule has 0 bridgehead atoms. The summed E-state index contributed by atoms with van der Waals surface area (Å²) >= 11 is 0. The van der Waals surface area contributed by atoms with E-state index in [0.717, 1.165) is 5.56 Å². The second-order valence-corrected chi connectivity index (χ2v) is 5.52. The highest BCUT2D eigenvalue weighted by atomic mass is 16.6. The average molecular weight is 343 g/mol. The molecule has 0 aliphatic carbocycles. The zero-order valence-corrected chi connectivity index (χ0v) is 14.3. The number of methoxy groups -OCH3 is 2. The van der Waals surface area contributed by atoms with Crippen molar-refractivity contribution in [2.45, 2.75) is 6.42 Å². The molecule has 0 fully saturated rings. The molecular weight excluding hydrogens is 322 g/mol. The third-order valence-corrected chi connectivity index (χ3v) is 3.96. The maximum absolute atomic E-state index is 12.4. The largest absolute Gasteiger partial charge is 0.493 e. The number of hydrogen-bond acceptors (Lipinski definition) is 5. The van der Waals surface area contributed by atoms with E-state index in [0.29, 0.717) is 54.7 Å². The molecule has 2 aromatic carbocycles. The first-order chi connectivity index (χ1) is 12.2. The Balaban J connectivity index is 1.62. The molecule has 6 heteroatoms. The number of ether oxygens (including phenoxy) is 4.